The smallest absolute Gasteiger partial charge is 0.336 e. The summed E-state index contributed by atoms with van der Waals surface area (Å²) in [6.45, 7) is 8.57. The number of anilines is 2. The third-order valence-corrected chi connectivity index (χ3v) is 9.95. The zero-order chi connectivity index (χ0) is 33.2. The van der Waals surface area contributed by atoms with Crippen molar-refractivity contribution in [3.63, 3.8) is 0 Å². The van der Waals surface area contributed by atoms with Gasteiger partial charge >= 0.3 is 12.0 Å². The van der Waals surface area contributed by atoms with Gasteiger partial charge in [0.25, 0.3) is 0 Å². The van der Waals surface area contributed by atoms with E-state index in [-0.39, 0.29) is 5.56 Å². The van der Waals surface area contributed by atoms with Crippen LogP contribution in [0.1, 0.15) is 96.1 Å². The van der Waals surface area contributed by atoms with Crippen LogP contribution in [0, 0.1) is 0 Å². The summed E-state index contributed by atoms with van der Waals surface area (Å²) in [4.78, 5) is 33.2. The second kappa shape index (κ2) is 14.0. The van der Waals surface area contributed by atoms with Crippen molar-refractivity contribution in [1.82, 2.24) is 5.32 Å². The molecule has 7 rings (SSSR count). The van der Waals surface area contributed by atoms with Gasteiger partial charge < -0.3 is 30.1 Å². The van der Waals surface area contributed by atoms with E-state index in [4.69, 9.17) is 14.5 Å². The summed E-state index contributed by atoms with van der Waals surface area (Å²) in [5.74, 6) is 0.637. The van der Waals surface area contributed by atoms with Crippen LogP contribution in [0.4, 0.5) is 16.2 Å². The monoisotopic (exact) mass is 650 g/mol. The van der Waals surface area contributed by atoms with Gasteiger partial charge in [0.15, 0.2) is 0 Å². The number of rotatable bonds is 11. The summed E-state index contributed by atoms with van der Waals surface area (Å²) in [6, 6.07) is 9.31. The Bertz CT molecular complexity index is 1880. The molecule has 3 aromatic rings. The lowest BCUT2D eigenvalue weighted by Gasteiger charge is -2.39. The molecule has 0 saturated carbocycles. The van der Waals surface area contributed by atoms with E-state index in [0.717, 1.165) is 123 Å². The van der Waals surface area contributed by atoms with Crippen molar-refractivity contribution in [2.75, 3.05) is 49.6 Å². The largest absolute Gasteiger partial charge is 0.478 e. The molecular weight excluding hydrogens is 604 g/mol. The molecule has 4 aliphatic heterocycles. The van der Waals surface area contributed by atoms with E-state index in [2.05, 4.69) is 34.6 Å². The maximum atomic E-state index is 13.0. The fourth-order valence-corrected chi connectivity index (χ4v) is 7.85. The molecule has 0 aliphatic carbocycles. The van der Waals surface area contributed by atoms with Crippen molar-refractivity contribution in [2.45, 2.75) is 78.1 Å². The van der Waals surface area contributed by atoms with Gasteiger partial charge in [0.1, 0.15) is 11.5 Å². The molecule has 0 spiro atoms. The van der Waals surface area contributed by atoms with Crippen LogP contribution in [0.15, 0.2) is 35.3 Å². The Morgan fingerprint density at radius 1 is 0.958 bits per heavy atom. The number of urea groups is 1. The number of benzene rings is 3. The number of unbranched alkanes of at least 4 members (excludes halogenated alkanes) is 1. The molecular formula is C39H46N4O5. The van der Waals surface area contributed by atoms with Crippen LogP contribution in [0.25, 0.3) is 5.57 Å². The predicted octanol–water partition coefficient (Wildman–Crippen LogP) is 5.89. The van der Waals surface area contributed by atoms with Gasteiger partial charge in [-0.1, -0.05) is 26.3 Å². The third-order valence-electron chi connectivity index (χ3n) is 9.95. The van der Waals surface area contributed by atoms with Gasteiger partial charge in [-0.05, 0) is 98.7 Å². The molecule has 0 unspecified atom stereocenters. The Labute approximate surface area is 282 Å². The molecule has 4 aliphatic rings. The molecule has 3 aromatic carbocycles. The van der Waals surface area contributed by atoms with Crippen LogP contribution < -0.4 is 30.8 Å². The van der Waals surface area contributed by atoms with Gasteiger partial charge in [-0.25, -0.2) is 9.59 Å². The van der Waals surface area contributed by atoms with E-state index < -0.39 is 12.0 Å². The van der Waals surface area contributed by atoms with E-state index in [1.807, 2.05) is 13.0 Å². The van der Waals surface area contributed by atoms with Crippen molar-refractivity contribution < 1.29 is 24.2 Å². The summed E-state index contributed by atoms with van der Waals surface area (Å²) < 4.78 is 12.5. The quantitative estimate of drug-likeness (QED) is 0.175. The molecule has 0 fully saturated rings. The molecule has 48 heavy (non-hydrogen) atoms. The molecule has 4 heterocycles. The molecule has 252 valence electrons. The minimum atomic E-state index is -1.05. The van der Waals surface area contributed by atoms with Crippen molar-refractivity contribution in [1.29, 1.82) is 0 Å². The second-order valence-electron chi connectivity index (χ2n) is 13.3. The Hall–Kier alpha value is -4.37. The van der Waals surface area contributed by atoms with Gasteiger partial charge in [0, 0.05) is 71.6 Å². The highest BCUT2D eigenvalue weighted by molar-refractivity contribution is 6.01. The standard InChI is InChI=1S/C39H46N4O5/c1-3-5-9-24-21-31-33(27-14-13-26(23-30(27)38(44)45)42-39(46)41-16-20-47-19-4-2)32-22-25-10-7-17-43-18-8-12-29(35(25)43)37(32)48-36(31)28-11-6-15-40-34(24)28/h13-14,21-23H,3-12,15-20H2,1-2H3,(H,44,45)(H2,41,42,46). The van der Waals surface area contributed by atoms with Crippen molar-refractivity contribution in [2.24, 2.45) is 4.99 Å². The molecule has 9 nitrogen and oxygen atoms in total. The van der Waals surface area contributed by atoms with Gasteiger partial charge in [0.05, 0.1) is 17.5 Å². The summed E-state index contributed by atoms with van der Waals surface area (Å²) >= 11 is 0. The topological polar surface area (TPSA) is 112 Å². The number of aryl methyl sites for hydroxylation is 2. The minimum Gasteiger partial charge on any atom is -0.478 e. The minimum absolute atomic E-state index is 0.137. The van der Waals surface area contributed by atoms with Gasteiger partial charge in [-0.3, -0.25) is 4.99 Å². The highest BCUT2D eigenvalue weighted by atomic mass is 16.5. The summed E-state index contributed by atoms with van der Waals surface area (Å²) in [7, 11) is 0. The Morgan fingerprint density at radius 3 is 2.60 bits per heavy atom. The lowest BCUT2D eigenvalue weighted by Crippen LogP contribution is -2.36. The average Bonchev–Trinajstić information content (AvgIpc) is 3.10. The molecule has 0 radical (unpaired) electrons. The Kier molecular flexibility index (Phi) is 9.39. The van der Waals surface area contributed by atoms with E-state index in [1.54, 1.807) is 12.1 Å². The molecule has 9 heteroatoms. The molecule has 0 saturated heterocycles. The molecule has 3 N–H and O–H groups in total. The number of fused-ring (bicyclic) bond motifs is 5. The van der Waals surface area contributed by atoms with Crippen LogP contribution in [0.2, 0.25) is 0 Å². The first kappa shape index (κ1) is 32.2. The van der Waals surface area contributed by atoms with Crippen LogP contribution in [0.5, 0.6) is 11.5 Å². The van der Waals surface area contributed by atoms with Gasteiger partial charge in [0.2, 0.25) is 0 Å². The van der Waals surface area contributed by atoms with Crippen LogP contribution >= 0.6 is 0 Å². The lowest BCUT2D eigenvalue weighted by molar-refractivity contribution is 0.0696. The number of ether oxygens (including phenoxy) is 2. The number of hydrogen-bond acceptors (Lipinski definition) is 6. The van der Waals surface area contributed by atoms with E-state index in [1.165, 1.54) is 22.4 Å². The molecule has 0 atom stereocenters. The van der Waals surface area contributed by atoms with Crippen molar-refractivity contribution >= 4 is 28.9 Å². The second-order valence-corrected chi connectivity index (χ2v) is 13.3. The fraction of sp³-hybridized carbons (Fsp3) is 0.462. The highest BCUT2D eigenvalue weighted by Crippen LogP contribution is 2.48. The maximum Gasteiger partial charge on any atom is 0.336 e. The van der Waals surface area contributed by atoms with E-state index in [0.29, 0.717) is 31.0 Å². The number of nitrogens with zero attached hydrogens (tertiary/aromatic N) is 2. The normalized spacial score (nSPS) is 15.7. The molecule has 0 aromatic heterocycles. The number of carboxylic acid groups (broad SMARTS) is 1. The zero-order valence-corrected chi connectivity index (χ0v) is 28.2. The van der Waals surface area contributed by atoms with Gasteiger partial charge in [-0.15, -0.1) is 0 Å². The van der Waals surface area contributed by atoms with Gasteiger partial charge in [-0.2, -0.15) is 0 Å². The maximum absolute atomic E-state index is 13.0. The lowest BCUT2D eigenvalue weighted by atomic mass is 9.82. The van der Waals surface area contributed by atoms with Crippen molar-refractivity contribution in [3.8, 4) is 11.5 Å². The van der Waals surface area contributed by atoms with E-state index in [9.17, 15) is 14.7 Å². The van der Waals surface area contributed by atoms with E-state index >= 15 is 0 Å². The van der Waals surface area contributed by atoms with Crippen LogP contribution in [-0.2, 0) is 30.4 Å². The zero-order valence-electron chi connectivity index (χ0n) is 28.2. The Morgan fingerprint density at radius 2 is 1.79 bits per heavy atom. The summed E-state index contributed by atoms with van der Waals surface area (Å²) in [5, 5.41) is 18.3. The Balaban J connectivity index is 1.41. The summed E-state index contributed by atoms with van der Waals surface area (Å²) in [6.07, 6.45) is 9.86. The number of nitrogens with one attached hydrogen (secondary N) is 2. The molecule has 2 amide bonds. The predicted molar refractivity (Wildman–Crippen MR) is 188 cm³/mol. The SMILES string of the molecule is CCCCc1cc2c(c3c1=NCCC3)Oc1c(cc3c4c1CCCN4CCC3)C=2c1ccc(NC(=O)NCCOCCC)cc1C(=O)O. The highest BCUT2D eigenvalue weighted by Gasteiger charge is 2.34. The number of aromatic carboxylic acids is 1. The first-order chi connectivity index (χ1) is 23.5. The average molecular weight is 651 g/mol. The number of hydrogen-bond donors (Lipinski definition) is 3. The number of carbonyl (C=O) groups excluding carboxylic acids is 1. The number of amides is 2. The fourth-order valence-electron chi connectivity index (χ4n) is 7.85. The number of carbonyl (C=O) groups is 2. The number of carboxylic acids is 1. The van der Waals surface area contributed by atoms with Crippen LogP contribution in [0.3, 0.4) is 0 Å². The third kappa shape index (κ3) is 6.04. The first-order valence-electron chi connectivity index (χ1n) is 17.8. The molecule has 0 bridgehead atoms. The first-order valence-corrected chi connectivity index (χ1v) is 17.8. The van der Waals surface area contributed by atoms with Crippen LogP contribution in [-0.4, -0.2) is 56.5 Å². The summed E-state index contributed by atoms with van der Waals surface area (Å²) in [5.41, 5.74) is 9.24. The van der Waals surface area contributed by atoms with Crippen molar-refractivity contribution in [3.05, 3.63) is 79.9 Å².